The van der Waals surface area contributed by atoms with Crippen LogP contribution in [0, 0.1) is 0 Å². The maximum absolute atomic E-state index is 5.24. The molecule has 3 aromatic heterocycles. The molecule has 0 aliphatic heterocycles. The van der Waals surface area contributed by atoms with Gasteiger partial charge in [-0.25, -0.2) is 15.0 Å². The van der Waals surface area contributed by atoms with Crippen molar-refractivity contribution in [2.45, 2.75) is 19.4 Å². The highest BCUT2D eigenvalue weighted by molar-refractivity contribution is 5.86. The van der Waals surface area contributed by atoms with Crippen LogP contribution >= 0.6 is 0 Å². The number of imidazole rings is 1. The fourth-order valence-corrected chi connectivity index (χ4v) is 3.75. The van der Waals surface area contributed by atoms with Crippen molar-refractivity contribution in [2.75, 3.05) is 12.4 Å². The quantitative estimate of drug-likeness (QED) is 0.423. The van der Waals surface area contributed by atoms with E-state index in [9.17, 15) is 0 Å². The van der Waals surface area contributed by atoms with E-state index in [1.807, 2.05) is 48.7 Å². The van der Waals surface area contributed by atoms with Gasteiger partial charge >= 0.3 is 0 Å². The molecule has 0 amide bonds. The zero-order chi connectivity index (χ0) is 21.2. The minimum absolute atomic E-state index is 0.0543. The van der Waals surface area contributed by atoms with Crippen molar-refractivity contribution >= 4 is 27.8 Å². The van der Waals surface area contributed by atoms with Crippen molar-refractivity contribution in [3.05, 3.63) is 84.2 Å². The fraction of sp³-hybridized carbons (Fsp3) is 0.167. The molecule has 0 fully saturated rings. The molecule has 0 radical (unpaired) electrons. The second-order valence-electron chi connectivity index (χ2n) is 7.40. The van der Waals surface area contributed by atoms with Crippen molar-refractivity contribution < 1.29 is 4.74 Å². The lowest BCUT2D eigenvalue weighted by molar-refractivity contribution is 0.414. The number of benzene rings is 2. The van der Waals surface area contributed by atoms with E-state index < -0.39 is 0 Å². The summed E-state index contributed by atoms with van der Waals surface area (Å²) in [4.78, 5) is 21.6. The van der Waals surface area contributed by atoms with E-state index >= 15 is 0 Å². The predicted molar refractivity (Wildman–Crippen MR) is 121 cm³/mol. The van der Waals surface area contributed by atoms with Crippen molar-refractivity contribution in [1.29, 1.82) is 0 Å². The van der Waals surface area contributed by atoms with E-state index in [2.05, 4.69) is 44.3 Å². The van der Waals surface area contributed by atoms with Gasteiger partial charge in [-0.1, -0.05) is 36.4 Å². The van der Waals surface area contributed by atoms with E-state index in [4.69, 9.17) is 9.72 Å². The Kier molecular flexibility index (Phi) is 4.92. The molecular weight excluding hydrogens is 388 g/mol. The van der Waals surface area contributed by atoms with Gasteiger partial charge in [-0.15, -0.1) is 0 Å². The Bertz CT molecular complexity index is 1340. The summed E-state index contributed by atoms with van der Waals surface area (Å²) in [6.45, 7) is 2.09. The Morgan fingerprint density at radius 3 is 2.68 bits per heavy atom. The predicted octanol–water partition coefficient (Wildman–Crippen LogP) is 4.67. The number of rotatable bonds is 6. The molecule has 3 heterocycles. The van der Waals surface area contributed by atoms with Crippen molar-refractivity contribution in [3.8, 4) is 5.75 Å². The van der Waals surface area contributed by atoms with Gasteiger partial charge in [0.1, 0.15) is 17.1 Å². The molecule has 1 atom stereocenters. The number of aromatic nitrogens is 5. The lowest BCUT2D eigenvalue weighted by Crippen LogP contribution is -2.12. The molecule has 1 unspecified atom stereocenters. The monoisotopic (exact) mass is 410 g/mol. The number of fused-ring (bicyclic) bond motifs is 2. The topological polar surface area (TPSA) is 88.6 Å². The minimum atomic E-state index is -0.0543. The number of anilines is 1. The molecule has 7 nitrogen and oxygen atoms in total. The summed E-state index contributed by atoms with van der Waals surface area (Å²) < 4.78 is 5.24. The molecule has 0 aliphatic rings. The van der Waals surface area contributed by atoms with Gasteiger partial charge in [-0.3, -0.25) is 4.98 Å². The van der Waals surface area contributed by atoms with Crippen molar-refractivity contribution in [1.82, 2.24) is 24.9 Å². The Morgan fingerprint density at radius 2 is 1.84 bits per heavy atom. The lowest BCUT2D eigenvalue weighted by Gasteiger charge is -2.17. The number of nitrogens with zero attached hydrogens (tertiary/aromatic N) is 4. The molecule has 5 rings (SSSR count). The van der Waals surface area contributed by atoms with E-state index in [-0.39, 0.29) is 6.04 Å². The first kappa shape index (κ1) is 19.0. The van der Waals surface area contributed by atoms with Gasteiger partial charge in [0.25, 0.3) is 0 Å². The minimum Gasteiger partial charge on any atom is -0.497 e. The van der Waals surface area contributed by atoms with Crippen LogP contribution in [0.5, 0.6) is 5.75 Å². The fourth-order valence-electron chi connectivity index (χ4n) is 3.75. The normalized spacial score (nSPS) is 12.2. The summed E-state index contributed by atoms with van der Waals surface area (Å²) in [5, 5.41) is 5.81. The molecule has 2 aromatic carbocycles. The zero-order valence-corrected chi connectivity index (χ0v) is 17.3. The molecule has 0 aliphatic carbocycles. The van der Waals surface area contributed by atoms with Crippen LogP contribution in [-0.2, 0) is 6.42 Å². The third-order valence-electron chi connectivity index (χ3n) is 5.32. The van der Waals surface area contributed by atoms with Gasteiger partial charge in [-0.05, 0) is 36.1 Å². The van der Waals surface area contributed by atoms with Crippen LogP contribution < -0.4 is 10.1 Å². The molecule has 7 heteroatoms. The van der Waals surface area contributed by atoms with Crippen molar-refractivity contribution in [3.63, 3.8) is 0 Å². The van der Waals surface area contributed by atoms with Crippen LogP contribution in [0.1, 0.15) is 30.0 Å². The van der Waals surface area contributed by atoms with Gasteiger partial charge in [-0.2, -0.15) is 0 Å². The number of hydrogen-bond donors (Lipinski definition) is 2. The van der Waals surface area contributed by atoms with Gasteiger partial charge in [0.2, 0.25) is 0 Å². The van der Waals surface area contributed by atoms with Crippen LogP contribution in [-0.4, -0.2) is 32.0 Å². The first-order valence-electron chi connectivity index (χ1n) is 10.1. The van der Waals surface area contributed by atoms with E-state index in [1.54, 1.807) is 13.4 Å². The Morgan fingerprint density at radius 1 is 1.00 bits per heavy atom. The van der Waals surface area contributed by atoms with E-state index in [0.29, 0.717) is 23.7 Å². The average molecular weight is 410 g/mol. The third-order valence-corrected chi connectivity index (χ3v) is 5.32. The molecule has 2 N–H and O–H groups in total. The highest BCUT2D eigenvalue weighted by atomic mass is 16.5. The maximum atomic E-state index is 5.24. The first-order chi connectivity index (χ1) is 15.2. The SMILES string of the molecule is COc1ccc(Cc2nc(NC(C)c3nccc4ccccc34)c3[nH]cnc3n2)cc1. The molecule has 0 saturated carbocycles. The number of hydrogen-bond acceptors (Lipinski definition) is 6. The summed E-state index contributed by atoms with van der Waals surface area (Å²) in [7, 11) is 1.66. The van der Waals surface area contributed by atoms with Crippen LogP contribution in [0.3, 0.4) is 0 Å². The molecule has 0 saturated heterocycles. The van der Waals surface area contributed by atoms with E-state index in [1.165, 1.54) is 0 Å². The van der Waals surface area contributed by atoms with Crippen LogP contribution in [0.15, 0.2) is 67.1 Å². The standard InChI is InChI=1S/C24H22N6O/c1-15(21-19-6-4-3-5-17(19)11-12-25-21)28-24-22-23(27-14-26-22)29-20(30-24)13-16-7-9-18(31-2)10-8-16/h3-12,14-15H,13H2,1-2H3,(H2,26,27,28,29,30). The second-order valence-corrected chi connectivity index (χ2v) is 7.40. The summed E-state index contributed by atoms with van der Waals surface area (Å²) in [6.07, 6.45) is 4.08. The number of H-pyrrole nitrogens is 1. The van der Waals surface area contributed by atoms with Gasteiger partial charge < -0.3 is 15.0 Å². The molecule has 5 aromatic rings. The van der Waals surface area contributed by atoms with Crippen LogP contribution in [0.2, 0.25) is 0 Å². The second kappa shape index (κ2) is 8.02. The smallest absolute Gasteiger partial charge is 0.183 e. The number of methoxy groups -OCH3 is 1. The number of ether oxygens (including phenoxy) is 1. The first-order valence-corrected chi connectivity index (χ1v) is 10.1. The van der Waals surface area contributed by atoms with Crippen LogP contribution in [0.4, 0.5) is 5.82 Å². The number of nitrogens with one attached hydrogen (secondary N) is 2. The molecule has 31 heavy (non-hydrogen) atoms. The van der Waals surface area contributed by atoms with E-state index in [0.717, 1.165) is 33.3 Å². The summed E-state index contributed by atoms with van der Waals surface area (Å²) >= 11 is 0. The Hall–Kier alpha value is -4.00. The Balaban J connectivity index is 1.48. The number of aromatic amines is 1. The molecule has 154 valence electrons. The highest BCUT2D eigenvalue weighted by Gasteiger charge is 2.16. The third kappa shape index (κ3) is 3.77. The van der Waals surface area contributed by atoms with Gasteiger partial charge in [0.05, 0.1) is 25.2 Å². The van der Waals surface area contributed by atoms with Gasteiger partial charge in [0.15, 0.2) is 11.5 Å². The average Bonchev–Trinajstić information content (AvgIpc) is 3.28. The maximum Gasteiger partial charge on any atom is 0.183 e. The Labute approximate surface area is 179 Å². The number of pyridine rings is 1. The molecule has 0 spiro atoms. The lowest BCUT2D eigenvalue weighted by atomic mass is 10.1. The summed E-state index contributed by atoms with van der Waals surface area (Å²) in [5.74, 6) is 2.24. The zero-order valence-electron chi connectivity index (χ0n) is 17.3. The van der Waals surface area contributed by atoms with Gasteiger partial charge in [0, 0.05) is 18.0 Å². The largest absolute Gasteiger partial charge is 0.497 e. The van der Waals surface area contributed by atoms with Crippen molar-refractivity contribution in [2.24, 2.45) is 0 Å². The highest BCUT2D eigenvalue weighted by Crippen LogP contribution is 2.27. The van der Waals surface area contributed by atoms with Crippen LogP contribution in [0.25, 0.3) is 21.9 Å². The molecular formula is C24H22N6O. The molecule has 0 bridgehead atoms. The summed E-state index contributed by atoms with van der Waals surface area (Å²) in [6, 6.07) is 18.1. The summed E-state index contributed by atoms with van der Waals surface area (Å²) in [5.41, 5.74) is 3.50.